The monoisotopic (exact) mass is 253 g/mol. The van der Waals surface area contributed by atoms with E-state index < -0.39 is 42.4 Å². The fourth-order valence-corrected chi connectivity index (χ4v) is 1.69. The van der Waals surface area contributed by atoms with Gasteiger partial charge in [-0.2, -0.15) is 17.6 Å². The van der Waals surface area contributed by atoms with Crippen LogP contribution in [0.15, 0.2) is 6.20 Å². The van der Waals surface area contributed by atoms with Gasteiger partial charge in [-0.25, -0.2) is 9.48 Å². The van der Waals surface area contributed by atoms with Crippen molar-refractivity contribution in [1.29, 1.82) is 0 Å². The largest absolute Gasteiger partial charge is 0.476 e. The fraction of sp³-hybridized carbons (Fsp3) is 0.625. The summed E-state index contributed by atoms with van der Waals surface area (Å²) in [4.78, 5) is 10.6. The molecule has 1 saturated carbocycles. The molecule has 2 rings (SSSR count). The lowest BCUT2D eigenvalue weighted by atomic mass is 9.76. The molecule has 17 heavy (non-hydrogen) atoms. The fourth-order valence-electron chi connectivity index (χ4n) is 1.69. The first-order chi connectivity index (χ1) is 7.75. The van der Waals surface area contributed by atoms with E-state index in [0.29, 0.717) is 4.68 Å². The molecule has 1 aliphatic carbocycles. The SMILES string of the molecule is O=C(O)c1cnnn1CC1CC(F)(F)C1(F)F. The third-order valence-corrected chi connectivity index (χ3v) is 2.73. The standard InChI is InChI=1S/C8H7F4N3O2/c9-7(10)1-4(8(7,11)12)3-15-5(6(16)17)2-13-14-15/h2,4H,1,3H2,(H,16,17). The molecule has 5 nitrogen and oxygen atoms in total. The van der Waals surface area contributed by atoms with Gasteiger partial charge in [0, 0.05) is 6.42 Å². The van der Waals surface area contributed by atoms with Gasteiger partial charge in [-0.1, -0.05) is 5.21 Å². The van der Waals surface area contributed by atoms with Crippen molar-refractivity contribution in [1.82, 2.24) is 15.0 Å². The van der Waals surface area contributed by atoms with E-state index in [9.17, 15) is 22.4 Å². The molecular formula is C8H7F4N3O2. The third kappa shape index (κ3) is 1.65. The van der Waals surface area contributed by atoms with Crippen LogP contribution in [0.1, 0.15) is 16.9 Å². The molecule has 0 aliphatic heterocycles. The van der Waals surface area contributed by atoms with Crippen molar-refractivity contribution in [3.63, 3.8) is 0 Å². The predicted octanol–water partition coefficient (Wildman–Crippen LogP) is 1.27. The van der Waals surface area contributed by atoms with Crippen molar-refractivity contribution < 1.29 is 27.5 Å². The zero-order valence-electron chi connectivity index (χ0n) is 8.28. The van der Waals surface area contributed by atoms with Crippen LogP contribution in [-0.4, -0.2) is 37.9 Å². The van der Waals surface area contributed by atoms with E-state index in [1.165, 1.54) is 0 Å². The van der Waals surface area contributed by atoms with E-state index >= 15 is 0 Å². The zero-order chi connectivity index (χ0) is 12.8. The second kappa shape index (κ2) is 3.41. The van der Waals surface area contributed by atoms with E-state index in [-0.39, 0.29) is 0 Å². The second-order valence-electron chi connectivity index (χ2n) is 3.83. The van der Waals surface area contributed by atoms with Crippen LogP contribution in [0.5, 0.6) is 0 Å². The van der Waals surface area contributed by atoms with Gasteiger partial charge in [-0.3, -0.25) is 0 Å². The van der Waals surface area contributed by atoms with Gasteiger partial charge in [0.15, 0.2) is 5.69 Å². The molecule has 1 aliphatic rings. The first-order valence-electron chi connectivity index (χ1n) is 4.63. The molecule has 0 bridgehead atoms. The summed E-state index contributed by atoms with van der Waals surface area (Å²) in [6.07, 6.45) is -0.115. The third-order valence-electron chi connectivity index (χ3n) is 2.73. The Morgan fingerprint density at radius 3 is 2.65 bits per heavy atom. The van der Waals surface area contributed by atoms with Gasteiger partial charge < -0.3 is 5.11 Å². The molecule has 0 saturated heterocycles. The lowest BCUT2D eigenvalue weighted by Crippen LogP contribution is -2.60. The topological polar surface area (TPSA) is 68.0 Å². The summed E-state index contributed by atoms with van der Waals surface area (Å²) >= 11 is 0. The Morgan fingerprint density at radius 2 is 2.18 bits per heavy atom. The van der Waals surface area contributed by atoms with Crippen molar-refractivity contribution in [2.45, 2.75) is 24.8 Å². The number of aromatic carboxylic acids is 1. The highest BCUT2D eigenvalue weighted by Crippen LogP contribution is 2.55. The van der Waals surface area contributed by atoms with Crippen LogP contribution < -0.4 is 0 Å². The molecule has 1 heterocycles. The Hall–Kier alpha value is -1.67. The first kappa shape index (κ1) is 11.8. The van der Waals surface area contributed by atoms with Crippen LogP contribution in [0.2, 0.25) is 0 Å². The van der Waals surface area contributed by atoms with E-state index in [1.54, 1.807) is 0 Å². The number of carbonyl (C=O) groups is 1. The highest BCUT2D eigenvalue weighted by atomic mass is 19.3. The zero-order valence-corrected chi connectivity index (χ0v) is 8.28. The number of alkyl halides is 4. The predicted molar refractivity (Wildman–Crippen MR) is 45.0 cm³/mol. The number of nitrogens with zero attached hydrogens (tertiary/aromatic N) is 3. The number of carboxylic acid groups (broad SMARTS) is 1. The van der Waals surface area contributed by atoms with Gasteiger partial charge in [0.25, 0.3) is 0 Å². The molecule has 0 spiro atoms. The van der Waals surface area contributed by atoms with Crippen molar-refractivity contribution in [3.8, 4) is 0 Å². The van der Waals surface area contributed by atoms with Crippen LogP contribution in [0.25, 0.3) is 0 Å². The quantitative estimate of drug-likeness (QED) is 0.823. The van der Waals surface area contributed by atoms with Gasteiger partial charge in [0.2, 0.25) is 0 Å². The van der Waals surface area contributed by atoms with Gasteiger partial charge in [-0.15, -0.1) is 5.10 Å². The van der Waals surface area contributed by atoms with Crippen LogP contribution in [-0.2, 0) is 6.54 Å². The molecule has 1 atom stereocenters. The lowest BCUT2D eigenvalue weighted by Gasteiger charge is -2.43. The number of aromatic nitrogens is 3. The molecule has 1 N–H and O–H groups in total. The van der Waals surface area contributed by atoms with Crippen molar-refractivity contribution in [2.75, 3.05) is 0 Å². The van der Waals surface area contributed by atoms with Crippen molar-refractivity contribution in [3.05, 3.63) is 11.9 Å². The number of hydrogen-bond acceptors (Lipinski definition) is 3. The van der Waals surface area contributed by atoms with E-state index in [4.69, 9.17) is 5.11 Å². The minimum absolute atomic E-state index is 0.406. The summed E-state index contributed by atoms with van der Waals surface area (Å²) in [7, 11) is 0. The Labute approximate surface area is 92.0 Å². The van der Waals surface area contributed by atoms with Gasteiger partial charge in [0.1, 0.15) is 0 Å². The number of hydrogen-bond donors (Lipinski definition) is 1. The minimum atomic E-state index is -4.13. The van der Waals surface area contributed by atoms with Crippen LogP contribution >= 0.6 is 0 Å². The normalized spacial score (nSPS) is 25.3. The van der Waals surface area contributed by atoms with Crippen molar-refractivity contribution >= 4 is 5.97 Å². The summed E-state index contributed by atoms with van der Waals surface area (Å²) < 4.78 is 51.7. The number of rotatable bonds is 3. The molecule has 1 aromatic rings. The molecule has 94 valence electrons. The molecule has 0 aromatic carbocycles. The van der Waals surface area contributed by atoms with E-state index in [2.05, 4.69) is 10.3 Å². The maximum absolute atomic E-state index is 12.9. The Morgan fingerprint density at radius 1 is 1.53 bits per heavy atom. The Balaban J connectivity index is 2.14. The molecule has 0 amide bonds. The second-order valence-corrected chi connectivity index (χ2v) is 3.83. The average Bonchev–Trinajstić information content (AvgIpc) is 2.64. The molecule has 9 heteroatoms. The first-order valence-corrected chi connectivity index (χ1v) is 4.63. The van der Waals surface area contributed by atoms with Crippen LogP contribution in [0, 0.1) is 5.92 Å². The summed E-state index contributed by atoms with van der Waals surface area (Å²) in [5.41, 5.74) is -0.406. The average molecular weight is 253 g/mol. The molecule has 0 radical (unpaired) electrons. The lowest BCUT2D eigenvalue weighted by molar-refractivity contribution is -0.316. The summed E-state index contributed by atoms with van der Waals surface area (Å²) in [6, 6.07) is 0. The Bertz CT molecular complexity index is 459. The molecule has 1 aromatic heterocycles. The van der Waals surface area contributed by atoms with E-state index in [0.717, 1.165) is 6.20 Å². The van der Waals surface area contributed by atoms with Crippen molar-refractivity contribution in [2.24, 2.45) is 5.92 Å². The minimum Gasteiger partial charge on any atom is -0.476 e. The molecule has 1 fully saturated rings. The molecular weight excluding hydrogens is 246 g/mol. The summed E-state index contributed by atoms with van der Waals surface area (Å²) in [5.74, 6) is -11.2. The van der Waals surface area contributed by atoms with Crippen LogP contribution in [0.4, 0.5) is 17.6 Å². The smallest absolute Gasteiger partial charge is 0.355 e. The molecule has 1 unspecified atom stereocenters. The van der Waals surface area contributed by atoms with Gasteiger partial charge >= 0.3 is 17.8 Å². The van der Waals surface area contributed by atoms with E-state index in [1.807, 2.05) is 0 Å². The number of halogens is 4. The van der Waals surface area contributed by atoms with Crippen LogP contribution in [0.3, 0.4) is 0 Å². The maximum Gasteiger partial charge on any atom is 0.355 e. The van der Waals surface area contributed by atoms with Gasteiger partial charge in [0.05, 0.1) is 18.7 Å². The maximum atomic E-state index is 12.9. The highest BCUT2D eigenvalue weighted by Gasteiger charge is 2.71. The summed E-state index contributed by atoms with van der Waals surface area (Å²) in [6.45, 7) is -0.593. The summed E-state index contributed by atoms with van der Waals surface area (Å²) in [5, 5.41) is 15.2. The Kier molecular flexibility index (Phi) is 2.37. The highest BCUT2D eigenvalue weighted by molar-refractivity contribution is 5.85. The van der Waals surface area contributed by atoms with Gasteiger partial charge in [-0.05, 0) is 0 Å². The number of carboxylic acids is 1.